The lowest BCUT2D eigenvalue weighted by Crippen LogP contribution is -2.59. The van der Waals surface area contributed by atoms with Crippen LogP contribution in [0.2, 0.25) is 0 Å². The van der Waals surface area contributed by atoms with Crippen molar-refractivity contribution in [2.24, 2.45) is 0 Å². The first-order chi connectivity index (χ1) is 18.4. The van der Waals surface area contributed by atoms with Crippen LogP contribution in [0.1, 0.15) is 43.7 Å². The Labute approximate surface area is 221 Å². The number of carbonyl (C=O) groups is 2. The summed E-state index contributed by atoms with van der Waals surface area (Å²) in [6.45, 7) is 2.04. The van der Waals surface area contributed by atoms with Crippen molar-refractivity contribution in [1.82, 2.24) is 14.8 Å². The molecule has 1 spiro atoms. The van der Waals surface area contributed by atoms with Crippen LogP contribution in [0, 0.1) is 5.82 Å². The highest BCUT2D eigenvalue weighted by atomic mass is 19.1. The van der Waals surface area contributed by atoms with Crippen molar-refractivity contribution >= 4 is 22.8 Å². The van der Waals surface area contributed by atoms with Crippen LogP contribution in [0.3, 0.4) is 0 Å². The minimum atomic E-state index is -0.447. The summed E-state index contributed by atoms with van der Waals surface area (Å²) < 4.78 is 26.7. The number of ether oxygens (including phenoxy) is 2. The summed E-state index contributed by atoms with van der Waals surface area (Å²) >= 11 is 0. The van der Waals surface area contributed by atoms with E-state index in [1.54, 1.807) is 18.3 Å². The number of rotatable bonds is 6. The largest absolute Gasteiger partial charge is 0.469 e. The first-order valence-electron chi connectivity index (χ1n) is 13.3. The molecule has 0 bridgehead atoms. The Bertz CT molecular complexity index is 1370. The van der Waals surface area contributed by atoms with E-state index >= 15 is 4.39 Å². The number of hydrogen-bond donors (Lipinski definition) is 0. The molecule has 7 nitrogen and oxygen atoms in total. The maximum absolute atomic E-state index is 15.7. The van der Waals surface area contributed by atoms with E-state index < -0.39 is 6.04 Å². The lowest BCUT2D eigenvalue weighted by molar-refractivity contribution is -0.174. The van der Waals surface area contributed by atoms with Gasteiger partial charge in [-0.25, -0.2) is 4.39 Å². The molecule has 2 saturated heterocycles. The lowest BCUT2D eigenvalue weighted by Gasteiger charge is -2.48. The molecular weight excluding hydrogens is 485 g/mol. The predicted molar refractivity (Wildman–Crippen MR) is 141 cm³/mol. The number of aromatic nitrogens is 1. The quantitative estimate of drug-likeness (QED) is 0.449. The second kappa shape index (κ2) is 10.1. The number of fused-ring (bicyclic) bond motifs is 1. The van der Waals surface area contributed by atoms with Crippen LogP contribution in [-0.4, -0.2) is 71.7 Å². The molecule has 3 aliphatic rings. The second-order valence-corrected chi connectivity index (χ2v) is 10.7. The summed E-state index contributed by atoms with van der Waals surface area (Å²) in [4.78, 5) is 33.3. The number of pyridine rings is 1. The Morgan fingerprint density at radius 1 is 1.16 bits per heavy atom. The molecule has 2 aliphatic heterocycles. The molecule has 8 heteroatoms. The van der Waals surface area contributed by atoms with Crippen molar-refractivity contribution in [2.45, 2.75) is 49.8 Å². The summed E-state index contributed by atoms with van der Waals surface area (Å²) in [7, 11) is 1.36. The molecule has 38 heavy (non-hydrogen) atoms. The third-order valence-corrected chi connectivity index (χ3v) is 8.30. The van der Waals surface area contributed by atoms with Gasteiger partial charge in [-0.15, -0.1) is 0 Å². The second-order valence-electron chi connectivity index (χ2n) is 10.7. The highest BCUT2D eigenvalue weighted by molar-refractivity contribution is 5.84. The van der Waals surface area contributed by atoms with Crippen LogP contribution in [0.25, 0.3) is 22.0 Å². The smallest absolute Gasteiger partial charge is 0.307 e. The summed E-state index contributed by atoms with van der Waals surface area (Å²) in [6.07, 6.45) is 5.40. The number of piperidine rings is 1. The van der Waals surface area contributed by atoms with Gasteiger partial charge in [-0.1, -0.05) is 30.3 Å². The van der Waals surface area contributed by atoms with E-state index in [1.807, 2.05) is 41.3 Å². The van der Waals surface area contributed by atoms with E-state index in [0.29, 0.717) is 31.2 Å². The van der Waals surface area contributed by atoms with Crippen LogP contribution < -0.4 is 0 Å². The molecule has 0 N–H and O–H groups in total. The van der Waals surface area contributed by atoms with Gasteiger partial charge < -0.3 is 14.4 Å². The number of hydrogen-bond acceptors (Lipinski definition) is 6. The number of benzene rings is 2. The molecule has 198 valence electrons. The Hall–Kier alpha value is -3.36. The molecule has 6 rings (SSSR count). The maximum Gasteiger partial charge on any atom is 0.307 e. The molecule has 1 saturated carbocycles. The van der Waals surface area contributed by atoms with Crippen LogP contribution in [0.4, 0.5) is 4.39 Å². The molecule has 0 radical (unpaired) electrons. The molecule has 1 atom stereocenters. The Morgan fingerprint density at radius 2 is 1.92 bits per heavy atom. The summed E-state index contributed by atoms with van der Waals surface area (Å²) in [5, 5.41) is 1.03. The molecule has 3 heterocycles. The Morgan fingerprint density at radius 3 is 2.66 bits per heavy atom. The van der Waals surface area contributed by atoms with Crippen molar-refractivity contribution in [3.63, 3.8) is 0 Å². The van der Waals surface area contributed by atoms with Crippen LogP contribution in [0.5, 0.6) is 0 Å². The first kappa shape index (κ1) is 24.9. The highest BCUT2D eigenvalue weighted by Gasteiger charge is 2.47. The number of methoxy groups -OCH3 is 1. The number of halogens is 1. The zero-order chi connectivity index (χ0) is 26.3. The van der Waals surface area contributed by atoms with Crippen LogP contribution in [0.15, 0.2) is 54.7 Å². The average Bonchev–Trinajstić information content (AvgIpc) is 3.79. The molecule has 1 aromatic heterocycles. The van der Waals surface area contributed by atoms with Gasteiger partial charge in [0.05, 0.1) is 31.2 Å². The molecule has 3 fully saturated rings. The van der Waals surface area contributed by atoms with Crippen molar-refractivity contribution in [1.29, 1.82) is 0 Å². The normalized spacial score (nSPS) is 20.6. The van der Waals surface area contributed by atoms with E-state index in [9.17, 15) is 9.59 Å². The fourth-order valence-corrected chi connectivity index (χ4v) is 5.91. The molecule has 1 amide bonds. The van der Waals surface area contributed by atoms with Gasteiger partial charge in [0.15, 0.2) is 0 Å². The zero-order valence-corrected chi connectivity index (χ0v) is 21.6. The number of esters is 1. The topological polar surface area (TPSA) is 72.0 Å². The van der Waals surface area contributed by atoms with Gasteiger partial charge in [-0.05, 0) is 55.0 Å². The first-order valence-corrected chi connectivity index (χ1v) is 13.3. The number of amides is 1. The summed E-state index contributed by atoms with van der Waals surface area (Å²) in [5.41, 5.74) is 2.61. The van der Waals surface area contributed by atoms with E-state index in [-0.39, 0.29) is 36.3 Å². The number of nitrogens with zero attached hydrogens (tertiary/aromatic N) is 3. The molecular formula is C30H32FN3O4. The Kier molecular flexibility index (Phi) is 6.61. The Balaban J connectivity index is 1.22. The number of morpholine rings is 1. The summed E-state index contributed by atoms with van der Waals surface area (Å²) in [5.74, 6) is -0.649. The van der Waals surface area contributed by atoms with Crippen molar-refractivity contribution < 1.29 is 23.5 Å². The highest BCUT2D eigenvalue weighted by Crippen LogP contribution is 2.39. The van der Waals surface area contributed by atoms with Gasteiger partial charge in [0, 0.05) is 42.3 Å². The maximum atomic E-state index is 15.7. The van der Waals surface area contributed by atoms with Gasteiger partial charge in [-0.2, -0.15) is 0 Å². The molecule has 3 aromatic rings. The molecule has 2 aromatic carbocycles. The van der Waals surface area contributed by atoms with E-state index in [1.165, 1.54) is 7.11 Å². The predicted octanol–water partition coefficient (Wildman–Crippen LogP) is 4.50. The van der Waals surface area contributed by atoms with E-state index in [0.717, 1.165) is 47.7 Å². The molecule has 1 unspecified atom stereocenters. The van der Waals surface area contributed by atoms with Gasteiger partial charge in [-0.3, -0.25) is 19.5 Å². The average molecular weight is 518 g/mol. The van der Waals surface area contributed by atoms with Gasteiger partial charge >= 0.3 is 5.97 Å². The number of carbonyl (C=O) groups excluding carboxylic acids is 2. The standard InChI is InChI=1S/C30H32FN3O4/c1-37-29(36)17-27(33-13-10-30(11-14-33)19-34(23-7-8-23)28(35)18-38-30)24-9-6-21(15-25(24)31)22-5-4-20-3-2-12-32-26(20)16-22/h2-6,9,12,15-16,23,27H,7-8,10-11,13-14,17-19H2,1H3. The molecule has 1 aliphatic carbocycles. The number of likely N-dealkylation sites (tertiary alicyclic amines) is 1. The van der Waals surface area contributed by atoms with Gasteiger partial charge in [0.1, 0.15) is 12.4 Å². The monoisotopic (exact) mass is 517 g/mol. The van der Waals surface area contributed by atoms with Gasteiger partial charge in [0.2, 0.25) is 5.91 Å². The van der Waals surface area contributed by atoms with Crippen molar-refractivity contribution in [3.8, 4) is 11.1 Å². The zero-order valence-electron chi connectivity index (χ0n) is 21.6. The van der Waals surface area contributed by atoms with Crippen LogP contribution >= 0.6 is 0 Å². The minimum Gasteiger partial charge on any atom is -0.469 e. The third kappa shape index (κ3) is 4.90. The van der Waals surface area contributed by atoms with Crippen molar-refractivity contribution in [3.05, 3.63) is 66.1 Å². The van der Waals surface area contributed by atoms with Crippen molar-refractivity contribution in [2.75, 3.05) is 33.4 Å². The van der Waals surface area contributed by atoms with E-state index in [4.69, 9.17) is 9.47 Å². The van der Waals surface area contributed by atoms with Gasteiger partial charge in [0.25, 0.3) is 0 Å². The fraction of sp³-hybridized carbons (Fsp3) is 0.433. The lowest BCUT2D eigenvalue weighted by atomic mass is 9.87. The fourth-order valence-electron chi connectivity index (χ4n) is 5.91. The summed E-state index contributed by atoms with van der Waals surface area (Å²) in [6, 6.07) is 14.9. The SMILES string of the molecule is COC(=O)CC(c1ccc(-c2ccc3cccnc3c2)cc1F)N1CCC2(CC1)CN(C1CC1)C(=O)CO2. The minimum absolute atomic E-state index is 0.0627. The third-order valence-electron chi connectivity index (χ3n) is 8.30. The van der Waals surface area contributed by atoms with Crippen LogP contribution in [-0.2, 0) is 19.1 Å². The van der Waals surface area contributed by atoms with E-state index in [2.05, 4.69) is 9.88 Å².